The van der Waals surface area contributed by atoms with Gasteiger partial charge >= 0.3 is 0 Å². The van der Waals surface area contributed by atoms with Crippen LogP contribution in [0.5, 0.6) is 17.2 Å². The lowest BCUT2D eigenvalue weighted by Gasteiger charge is -2.13. The molecule has 4 rings (SSSR count). The van der Waals surface area contributed by atoms with Crippen molar-refractivity contribution in [2.75, 3.05) is 21.3 Å². The van der Waals surface area contributed by atoms with Gasteiger partial charge in [0.25, 0.3) is 0 Å². The maximum atomic E-state index is 6.12. The molecule has 2 aromatic heterocycles. The quantitative estimate of drug-likeness (QED) is 0.240. The van der Waals surface area contributed by atoms with Crippen LogP contribution < -0.4 is 19.5 Å². The number of hydrogen-bond donors (Lipinski definition) is 1. The fraction of sp³-hybridized carbons (Fsp3) is 0.217. The van der Waals surface area contributed by atoms with Crippen LogP contribution >= 0.6 is 34.2 Å². The zero-order valence-corrected chi connectivity index (χ0v) is 20.8. The van der Waals surface area contributed by atoms with Crippen molar-refractivity contribution in [3.8, 4) is 22.9 Å². The van der Waals surface area contributed by atoms with Crippen molar-refractivity contribution >= 4 is 45.1 Å². The van der Waals surface area contributed by atoms with Gasteiger partial charge in [-0.1, -0.05) is 23.7 Å². The Morgan fingerprint density at radius 2 is 1.78 bits per heavy atom. The summed E-state index contributed by atoms with van der Waals surface area (Å²) in [6.07, 6.45) is 1.74. The van der Waals surface area contributed by atoms with Crippen molar-refractivity contribution in [1.82, 2.24) is 20.1 Å². The van der Waals surface area contributed by atoms with Gasteiger partial charge in [0, 0.05) is 37.0 Å². The summed E-state index contributed by atoms with van der Waals surface area (Å²) in [7, 11) is 4.96. The summed E-state index contributed by atoms with van der Waals surface area (Å²) in [4.78, 5) is 4.16. The largest absolute Gasteiger partial charge is 0.497 e. The standard InChI is InChI=1S/C23H22ClIN4O3/c1-30-16-6-5-15(20(9-16)31-2)12-26-11-14-4-7-18(21(8-14)32-3)29-19-10-22(24)27-13-17(19)23(25)28-29/h4-10,13,26H,11-12H2,1-3H3. The number of nitrogens with one attached hydrogen (secondary N) is 1. The van der Waals surface area contributed by atoms with E-state index in [9.17, 15) is 0 Å². The highest BCUT2D eigenvalue weighted by Gasteiger charge is 2.15. The van der Waals surface area contributed by atoms with E-state index in [-0.39, 0.29) is 0 Å². The number of ether oxygens (including phenoxy) is 3. The predicted octanol–water partition coefficient (Wildman–Crippen LogP) is 4.99. The van der Waals surface area contributed by atoms with E-state index in [0.29, 0.717) is 18.2 Å². The van der Waals surface area contributed by atoms with Gasteiger partial charge in [-0.05, 0) is 46.4 Å². The summed E-state index contributed by atoms with van der Waals surface area (Å²) in [6, 6.07) is 13.7. The molecule has 166 valence electrons. The van der Waals surface area contributed by atoms with E-state index >= 15 is 0 Å². The van der Waals surface area contributed by atoms with Crippen LogP contribution in [-0.2, 0) is 13.1 Å². The first-order chi connectivity index (χ1) is 15.5. The topological polar surface area (TPSA) is 70.4 Å². The molecule has 0 aliphatic rings. The molecule has 0 aliphatic heterocycles. The average molecular weight is 565 g/mol. The van der Waals surface area contributed by atoms with E-state index in [4.69, 9.17) is 25.8 Å². The van der Waals surface area contributed by atoms with Crippen LogP contribution in [0.15, 0.2) is 48.7 Å². The number of hydrogen-bond acceptors (Lipinski definition) is 6. The fourth-order valence-electron chi connectivity index (χ4n) is 3.48. The molecule has 0 spiro atoms. The lowest BCUT2D eigenvalue weighted by atomic mass is 10.1. The van der Waals surface area contributed by atoms with Crippen LogP contribution in [0.4, 0.5) is 0 Å². The van der Waals surface area contributed by atoms with Crippen LogP contribution in [0.1, 0.15) is 11.1 Å². The van der Waals surface area contributed by atoms with E-state index < -0.39 is 0 Å². The van der Waals surface area contributed by atoms with Gasteiger partial charge in [-0.15, -0.1) is 0 Å². The van der Waals surface area contributed by atoms with Crippen molar-refractivity contribution in [3.63, 3.8) is 0 Å². The fourth-order valence-corrected chi connectivity index (χ4v) is 4.26. The molecular formula is C23H22ClIN4O3. The number of nitrogens with zero attached hydrogens (tertiary/aromatic N) is 3. The Balaban J connectivity index is 1.54. The van der Waals surface area contributed by atoms with Crippen LogP contribution in [0.25, 0.3) is 16.6 Å². The maximum absolute atomic E-state index is 6.12. The highest BCUT2D eigenvalue weighted by atomic mass is 127. The van der Waals surface area contributed by atoms with Gasteiger partial charge < -0.3 is 19.5 Å². The Kier molecular flexibility index (Phi) is 7.02. The number of benzene rings is 2. The smallest absolute Gasteiger partial charge is 0.144 e. The SMILES string of the molecule is COc1ccc(CNCc2ccc(-n3nc(I)c4cnc(Cl)cc43)c(OC)c2)c(OC)c1. The van der Waals surface area contributed by atoms with Gasteiger partial charge in [0.2, 0.25) is 0 Å². The molecule has 2 heterocycles. The van der Waals surface area contributed by atoms with Gasteiger partial charge in [-0.3, -0.25) is 0 Å². The van der Waals surface area contributed by atoms with E-state index in [2.05, 4.69) is 44.1 Å². The molecule has 1 N–H and O–H groups in total. The minimum absolute atomic E-state index is 0.420. The molecule has 9 heteroatoms. The number of rotatable bonds is 8. The van der Waals surface area contributed by atoms with Gasteiger partial charge in [-0.2, -0.15) is 5.10 Å². The number of aromatic nitrogens is 3. The Bertz CT molecular complexity index is 1260. The summed E-state index contributed by atoms with van der Waals surface area (Å²) in [5.74, 6) is 2.28. The second-order valence-corrected chi connectivity index (χ2v) is 8.42. The van der Waals surface area contributed by atoms with E-state index in [1.807, 2.05) is 41.1 Å². The summed E-state index contributed by atoms with van der Waals surface area (Å²) in [5, 5.41) is 9.48. The predicted molar refractivity (Wildman–Crippen MR) is 133 cm³/mol. The molecule has 0 atom stereocenters. The third kappa shape index (κ3) is 4.62. The molecule has 0 aliphatic carbocycles. The van der Waals surface area contributed by atoms with Crippen molar-refractivity contribution in [2.24, 2.45) is 0 Å². The number of pyridine rings is 1. The minimum Gasteiger partial charge on any atom is -0.497 e. The van der Waals surface area contributed by atoms with Crippen molar-refractivity contribution in [1.29, 1.82) is 0 Å². The lowest BCUT2D eigenvalue weighted by Crippen LogP contribution is -2.14. The normalized spacial score (nSPS) is 11.0. The maximum Gasteiger partial charge on any atom is 0.144 e. The molecule has 0 saturated heterocycles. The first-order valence-electron chi connectivity index (χ1n) is 9.82. The summed E-state index contributed by atoms with van der Waals surface area (Å²) in [6.45, 7) is 1.32. The van der Waals surface area contributed by atoms with E-state index in [1.165, 1.54) is 0 Å². The first kappa shape index (κ1) is 22.6. The molecule has 0 amide bonds. The molecule has 32 heavy (non-hydrogen) atoms. The summed E-state index contributed by atoms with van der Waals surface area (Å²) >= 11 is 8.32. The highest BCUT2D eigenvalue weighted by molar-refractivity contribution is 14.1. The van der Waals surface area contributed by atoms with Crippen LogP contribution in [0.3, 0.4) is 0 Å². The number of halogens is 2. The highest BCUT2D eigenvalue weighted by Crippen LogP contribution is 2.30. The molecule has 0 saturated carbocycles. The lowest BCUT2D eigenvalue weighted by molar-refractivity contribution is 0.389. The number of fused-ring (bicyclic) bond motifs is 1. The Hall–Kier alpha value is -2.56. The summed E-state index contributed by atoms with van der Waals surface area (Å²) in [5.41, 5.74) is 3.86. The first-order valence-corrected chi connectivity index (χ1v) is 11.3. The third-order valence-corrected chi connectivity index (χ3v) is 6.10. The Morgan fingerprint density at radius 3 is 2.53 bits per heavy atom. The van der Waals surface area contributed by atoms with Gasteiger partial charge in [-0.25, -0.2) is 9.67 Å². The molecule has 4 aromatic rings. The van der Waals surface area contributed by atoms with Crippen molar-refractivity contribution < 1.29 is 14.2 Å². The molecule has 0 bridgehead atoms. The van der Waals surface area contributed by atoms with E-state index in [0.717, 1.165) is 48.7 Å². The minimum atomic E-state index is 0.420. The second kappa shape index (κ2) is 9.93. The molecule has 0 radical (unpaired) electrons. The molecule has 7 nitrogen and oxygen atoms in total. The van der Waals surface area contributed by atoms with Crippen LogP contribution in [0.2, 0.25) is 5.15 Å². The van der Waals surface area contributed by atoms with E-state index in [1.54, 1.807) is 27.5 Å². The zero-order chi connectivity index (χ0) is 22.7. The van der Waals surface area contributed by atoms with Gasteiger partial charge in [0.1, 0.15) is 31.8 Å². The van der Waals surface area contributed by atoms with Crippen molar-refractivity contribution in [2.45, 2.75) is 13.1 Å². The van der Waals surface area contributed by atoms with Crippen molar-refractivity contribution in [3.05, 3.63) is 68.6 Å². The van der Waals surface area contributed by atoms with Crippen LogP contribution in [0, 0.1) is 3.70 Å². The molecule has 2 aromatic carbocycles. The number of methoxy groups -OCH3 is 3. The average Bonchev–Trinajstić information content (AvgIpc) is 3.14. The van der Waals surface area contributed by atoms with Gasteiger partial charge in [0.15, 0.2) is 0 Å². The Labute approximate surface area is 204 Å². The van der Waals surface area contributed by atoms with Gasteiger partial charge in [0.05, 0.1) is 32.2 Å². The molecule has 0 fully saturated rings. The van der Waals surface area contributed by atoms with Crippen LogP contribution in [-0.4, -0.2) is 36.1 Å². The molecule has 0 unspecified atom stereocenters. The zero-order valence-electron chi connectivity index (χ0n) is 17.9. The Morgan fingerprint density at radius 1 is 0.969 bits per heavy atom. The monoisotopic (exact) mass is 564 g/mol. The third-order valence-electron chi connectivity index (χ3n) is 5.10. The second-order valence-electron chi connectivity index (χ2n) is 7.01. The molecular weight excluding hydrogens is 543 g/mol. The summed E-state index contributed by atoms with van der Waals surface area (Å²) < 4.78 is 19.1.